The van der Waals surface area contributed by atoms with Gasteiger partial charge in [0.2, 0.25) is 0 Å². The van der Waals surface area contributed by atoms with Gasteiger partial charge in [0.15, 0.2) is 0 Å². The highest BCUT2D eigenvalue weighted by atomic mass is 16.5. The molecule has 1 atom stereocenters. The molecule has 0 aromatic heterocycles. The topological polar surface area (TPSA) is 44.7 Å². The van der Waals surface area contributed by atoms with Crippen LogP contribution >= 0.6 is 0 Å². The summed E-state index contributed by atoms with van der Waals surface area (Å²) < 4.78 is 6.04. The average molecular weight is 278 g/mol. The maximum Gasteiger partial charge on any atom is 0.125 e. The standard InChI is InChI=1S/C16H26N2O2/c1-15(2)11-16(12-19,17-9-10-18(3)4)13-7-5-6-8-14(13)20-15/h5-8,17,19H,9-12H2,1-4H3. The Bertz CT molecular complexity index is 460. The predicted molar refractivity (Wildman–Crippen MR) is 81.1 cm³/mol. The van der Waals surface area contributed by atoms with Crippen molar-refractivity contribution in [3.05, 3.63) is 29.8 Å². The molecule has 1 aromatic rings. The molecule has 1 unspecified atom stereocenters. The molecule has 1 aromatic carbocycles. The molecule has 1 aliphatic rings. The molecule has 0 bridgehead atoms. The maximum atomic E-state index is 10.1. The molecule has 0 aliphatic carbocycles. The van der Waals surface area contributed by atoms with Crippen molar-refractivity contribution in [2.24, 2.45) is 0 Å². The number of likely N-dealkylation sites (N-methyl/N-ethyl adjacent to an activating group) is 1. The summed E-state index contributed by atoms with van der Waals surface area (Å²) in [6, 6.07) is 8.00. The van der Waals surface area contributed by atoms with Crippen LogP contribution in [0.15, 0.2) is 24.3 Å². The number of para-hydroxylation sites is 1. The lowest BCUT2D eigenvalue weighted by atomic mass is 9.78. The van der Waals surface area contributed by atoms with Crippen molar-refractivity contribution in [2.45, 2.75) is 31.4 Å². The summed E-state index contributed by atoms with van der Waals surface area (Å²) in [5.74, 6) is 0.871. The van der Waals surface area contributed by atoms with Crippen molar-refractivity contribution in [1.82, 2.24) is 10.2 Å². The highest BCUT2D eigenvalue weighted by Gasteiger charge is 2.44. The molecule has 112 valence electrons. The number of hydrogen-bond donors (Lipinski definition) is 2. The summed E-state index contributed by atoms with van der Waals surface area (Å²) in [7, 11) is 4.10. The zero-order valence-electron chi connectivity index (χ0n) is 12.9. The molecule has 0 fully saturated rings. The van der Waals surface area contributed by atoms with Crippen LogP contribution in [0.5, 0.6) is 5.75 Å². The molecule has 0 saturated heterocycles. The third-order valence-corrected chi connectivity index (χ3v) is 3.81. The first-order chi connectivity index (χ1) is 9.38. The molecular weight excluding hydrogens is 252 g/mol. The van der Waals surface area contributed by atoms with Gasteiger partial charge in [0.1, 0.15) is 11.4 Å². The van der Waals surface area contributed by atoms with Crippen LogP contribution in [0.2, 0.25) is 0 Å². The lowest BCUT2D eigenvalue weighted by molar-refractivity contribution is 0.00847. The van der Waals surface area contributed by atoms with Crippen LogP contribution in [-0.2, 0) is 5.54 Å². The Morgan fingerprint density at radius 1 is 1.30 bits per heavy atom. The van der Waals surface area contributed by atoms with Gasteiger partial charge in [0, 0.05) is 25.1 Å². The minimum atomic E-state index is -0.422. The van der Waals surface area contributed by atoms with Crippen LogP contribution in [0.4, 0.5) is 0 Å². The molecule has 20 heavy (non-hydrogen) atoms. The monoisotopic (exact) mass is 278 g/mol. The molecule has 0 saturated carbocycles. The Labute approximate surface area is 121 Å². The van der Waals surface area contributed by atoms with Crippen molar-refractivity contribution in [3.63, 3.8) is 0 Å². The van der Waals surface area contributed by atoms with E-state index in [1.165, 1.54) is 0 Å². The number of nitrogens with zero attached hydrogens (tertiary/aromatic N) is 1. The normalized spacial score (nSPS) is 24.3. The molecule has 2 N–H and O–H groups in total. The second-order valence-corrected chi connectivity index (χ2v) is 6.50. The second-order valence-electron chi connectivity index (χ2n) is 6.50. The van der Waals surface area contributed by atoms with E-state index in [4.69, 9.17) is 4.74 Å². The first-order valence-corrected chi connectivity index (χ1v) is 7.18. The summed E-state index contributed by atoms with van der Waals surface area (Å²) in [4.78, 5) is 2.13. The van der Waals surface area contributed by atoms with E-state index in [-0.39, 0.29) is 12.2 Å². The fourth-order valence-corrected chi connectivity index (χ4v) is 2.98. The number of aliphatic hydroxyl groups excluding tert-OH is 1. The zero-order valence-corrected chi connectivity index (χ0v) is 12.9. The number of rotatable bonds is 5. The van der Waals surface area contributed by atoms with Crippen molar-refractivity contribution in [2.75, 3.05) is 33.8 Å². The number of nitrogens with one attached hydrogen (secondary N) is 1. The highest BCUT2D eigenvalue weighted by Crippen LogP contribution is 2.43. The van der Waals surface area contributed by atoms with E-state index >= 15 is 0 Å². The third kappa shape index (κ3) is 3.14. The number of hydrogen-bond acceptors (Lipinski definition) is 4. The molecule has 0 radical (unpaired) electrons. The number of benzene rings is 1. The van der Waals surface area contributed by atoms with Gasteiger partial charge in [-0.3, -0.25) is 0 Å². The average Bonchev–Trinajstić information content (AvgIpc) is 2.36. The van der Waals surface area contributed by atoms with E-state index in [9.17, 15) is 5.11 Å². The van der Waals surface area contributed by atoms with Gasteiger partial charge >= 0.3 is 0 Å². The van der Waals surface area contributed by atoms with E-state index in [2.05, 4.69) is 38.2 Å². The van der Waals surface area contributed by atoms with Gasteiger partial charge in [-0.2, -0.15) is 0 Å². The van der Waals surface area contributed by atoms with Crippen molar-refractivity contribution in [1.29, 1.82) is 0 Å². The predicted octanol–water partition coefficient (Wildman–Crippen LogP) is 1.59. The largest absolute Gasteiger partial charge is 0.487 e. The summed E-state index contributed by atoms with van der Waals surface area (Å²) in [6.07, 6.45) is 0.751. The Morgan fingerprint density at radius 3 is 2.65 bits per heavy atom. The number of aliphatic hydroxyl groups is 1. The Kier molecular flexibility index (Phi) is 4.37. The fourth-order valence-electron chi connectivity index (χ4n) is 2.98. The van der Waals surface area contributed by atoms with E-state index in [1.54, 1.807) is 0 Å². The van der Waals surface area contributed by atoms with Gasteiger partial charge < -0.3 is 20.1 Å². The van der Waals surface area contributed by atoms with Gasteiger partial charge in [-0.15, -0.1) is 0 Å². The summed E-state index contributed by atoms with van der Waals surface area (Å²) in [5, 5.41) is 13.6. The number of ether oxygens (including phenoxy) is 1. The Hall–Kier alpha value is -1.10. The summed E-state index contributed by atoms with van der Waals surface area (Å²) in [6.45, 7) is 5.98. The van der Waals surface area contributed by atoms with Crippen molar-refractivity contribution in [3.8, 4) is 5.75 Å². The number of fused-ring (bicyclic) bond motifs is 1. The lowest BCUT2D eigenvalue weighted by Gasteiger charge is -2.46. The second kappa shape index (κ2) is 5.72. The molecule has 4 heteroatoms. The van der Waals surface area contributed by atoms with Gasteiger partial charge in [-0.25, -0.2) is 0 Å². The zero-order chi connectivity index (χ0) is 14.8. The van der Waals surface area contributed by atoms with E-state index in [1.807, 2.05) is 24.3 Å². The van der Waals surface area contributed by atoms with Crippen molar-refractivity contribution >= 4 is 0 Å². The molecule has 0 amide bonds. The van der Waals surface area contributed by atoms with Crippen molar-refractivity contribution < 1.29 is 9.84 Å². The lowest BCUT2D eigenvalue weighted by Crippen LogP contribution is -2.55. The Balaban J connectivity index is 2.30. The minimum absolute atomic E-state index is 0.0736. The first-order valence-electron chi connectivity index (χ1n) is 7.18. The molecule has 1 aliphatic heterocycles. The van der Waals surface area contributed by atoms with Gasteiger partial charge in [0.25, 0.3) is 0 Å². The van der Waals surface area contributed by atoms with Crippen LogP contribution in [0, 0.1) is 0 Å². The quantitative estimate of drug-likeness (QED) is 0.858. The first kappa shape index (κ1) is 15.3. The Morgan fingerprint density at radius 2 is 2.00 bits per heavy atom. The van der Waals surface area contributed by atoms with Gasteiger partial charge in [-0.05, 0) is 34.0 Å². The minimum Gasteiger partial charge on any atom is -0.487 e. The summed E-state index contributed by atoms with van der Waals surface area (Å²) in [5.41, 5.74) is 0.344. The molecule has 0 spiro atoms. The smallest absolute Gasteiger partial charge is 0.125 e. The van der Waals surface area contributed by atoms with Gasteiger partial charge in [0.05, 0.1) is 12.1 Å². The van der Waals surface area contributed by atoms with E-state index in [0.29, 0.717) is 0 Å². The van der Waals surface area contributed by atoms with Crippen LogP contribution in [-0.4, -0.2) is 49.4 Å². The fraction of sp³-hybridized carbons (Fsp3) is 0.625. The van der Waals surface area contributed by atoms with E-state index < -0.39 is 5.54 Å². The van der Waals surface area contributed by atoms with Crippen LogP contribution in [0.3, 0.4) is 0 Å². The SMILES string of the molecule is CN(C)CCNC1(CO)CC(C)(C)Oc2ccccc21. The molecule has 1 heterocycles. The van der Waals surface area contributed by atoms with E-state index in [0.717, 1.165) is 30.8 Å². The maximum absolute atomic E-state index is 10.1. The molecule has 4 nitrogen and oxygen atoms in total. The summed E-state index contributed by atoms with van der Waals surface area (Å²) >= 11 is 0. The third-order valence-electron chi connectivity index (χ3n) is 3.81. The molecule has 2 rings (SSSR count). The van der Waals surface area contributed by atoms with Gasteiger partial charge in [-0.1, -0.05) is 18.2 Å². The van der Waals surface area contributed by atoms with Crippen LogP contribution < -0.4 is 10.1 Å². The van der Waals surface area contributed by atoms with Crippen LogP contribution in [0.25, 0.3) is 0 Å². The van der Waals surface area contributed by atoms with Crippen LogP contribution in [0.1, 0.15) is 25.8 Å². The molecular formula is C16H26N2O2. The highest BCUT2D eigenvalue weighted by molar-refractivity contribution is 5.42.